The molecule has 3 heteroatoms. The third-order valence-corrected chi connectivity index (χ3v) is 2.14. The van der Waals surface area contributed by atoms with E-state index >= 15 is 0 Å². The fourth-order valence-electron chi connectivity index (χ4n) is 1.46. The van der Waals surface area contributed by atoms with E-state index in [0.29, 0.717) is 25.7 Å². The van der Waals surface area contributed by atoms with E-state index in [1.54, 1.807) is 0 Å². The molecule has 0 heterocycles. The zero-order chi connectivity index (χ0) is 11.5. The van der Waals surface area contributed by atoms with E-state index in [4.69, 9.17) is 14.2 Å². The third kappa shape index (κ3) is 8.85. The van der Waals surface area contributed by atoms with E-state index < -0.39 is 0 Å². The Morgan fingerprint density at radius 3 is 2.00 bits per heavy atom. The van der Waals surface area contributed by atoms with Crippen molar-refractivity contribution in [2.24, 2.45) is 5.92 Å². The van der Waals surface area contributed by atoms with Crippen molar-refractivity contribution < 1.29 is 14.2 Å². The second-order valence-electron chi connectivity index (χ2n) is 3.77. The van der Waals surface area contributed by atoms with Crippen LogP contribution in [0, 0.1) is 5.92 Å². The lowest BCUT2D eigenvalue weighted by molar-refractivity contribution is -0.169. The summed E-state index contributed by atoms with van der Waals surface area (Å²) in [5, 5.41) is 0. The molecule has 0 saturated heterocycles. The topological polar surface area (TPSA) is 27.7 Å². The molecule has 1 unspecified atom stereocenters. The molecule has 0 aromatic heterocycles. The first-order valence-corrected chi connectivity index (χ1v) is 6.05. The lowest BCUT2D eigenvalue weighted by Gasteiger charge is -2.18. The quantitative estimate of drug-likeness (QED) is 0.528. The zero-order valence-electron chi connectivity index (χ0n) is 10.6. The molecule has 0 amide bonds. The van der Waals surface area contributed by atoms with E-state index in [2.05, 4.69) is 13.8 Å². The minimum absolute atomic E-state index is 0.200. The summed E-state index contributed by atoms with van der Waals surface area (Å²) in [7, 11) is 0. The Morgan fingerprint density at radius 1 is 0.933 bits per heavy atom. The Morgan fingerprint density at radius 2 is 1.53 bits per heavy atom. The van der Waals surface area contributed by atoms with Gasteiger partial charge in [-0.3, -0.25) is 0 Å². The third-order valence-electron chi connectivity index (χ3n) is 2.14. The van der Waals surface area contributed by atoms with Gasteiger partial charge in [-0.2, -0.15) is 0 Å². The summed E-state index contributed by atoms with van der Waals surface area (Å²) in [5.74, 6) is 0.624. The second kappa shape index (κ2) is 10.4. The van der Waals surface area contributed by atoms with E-state index in [1.165, 1.54) is 12.8 Å². The van der Waals surface area contributed by atoms with Gasteiger partial charge in [0.05, 0.1) is 6.61 Å². The Hall–Kier alpha value is -0.120. The van der Waals surface area contributed by atoms with E-state index in [9.17, 15) is 0 Å². The van der Waals surface area contributed by atoms with Gasteiger partial charge in [-0.15, -0.1) is 0 Å². The molecule has 0 aromatic carbocycles. The van der Waals surface area contributed by atoms with Gasteiger partial charge in [0, 0.05) is 19.8 Å². The predicted molar refractivity (Wildman–Crippen MR) is 61.9 cm³/mol. The van der Waals surface area contributed by atoms with Crippen molar-refractivity contribution in [1.82, 2.24) is 0 Å². The summed E-state index contributed by atoms with van der Waals surface area (Å²) in [6.07, 6.45) is 2.23. The minimum Gasteiger partial charge on any atom is -0.376 e. The molecule has 0 fully saturated rings. The molecule has 0 bridgehead atoms. The smallest absolute Gasteiger partial charge is 0.180 e. The SMILES string of the molecule is CCCC(C)COCC(OCC)OCC. The number of hydrogen-bond donors (Lipinski definition) is 0. The van der Waals surface area contributed by atoms with Crippen LogP contribution in [-0.2, 0) is 14.2 Å². The molecule has 0 aliphatic rings. The van der Waals surface area contributed by atoms with Gasteiger partial charge >= 0.3 is 0 Å². The van der Waals surface area contributed by atoms with Gasteiger partial charge in [-0.05, 0) is 26.2 Å². The van der Waals surface area contributed by atoms with Crippen LogP contribution in [0.15, 0.2) is 0 Å². The van der Waals surface area contributed by atoms with E-state index in [1.807, 2.05) is 13.8 Å². The van der Waals surface area contributed by atoms with Crippen molar-refractivity contribution in [2.45, 2.75) is 46.8 Å². The van der Waals surface area contributed by atoms with Crippen LogP contribution in [0.3, 0.4) is 0 Å². The van der Waals surface area contributed by atoms with Gasteiger partial charge in [-0.25, -0.2) is 0 Å². The normalized spacial score (nSPS) is 13.4. The maximum Gasteiger partial charge on any atom is 0.180 e. The molecular formula is C12H26O3. The van der Waals surface area contributed by atoms with Crippen molar-refractivity contribution in [3.63, 3.8) is 0 Å². The molecule has 0 aliphatic carbocycles. The molecule has 0 rings (SSSR count). The van der Waals surface area contributed by atoms with Gasteiger partial charge in [0.2, 0.25) is 0 Å². The van der Waals surface area contributed by atoms with Crippen LogP contribution in [0.2, 0.25) is 0 Å². The maximum atomic E-state index is 5.57. The van der Waals surface area contributed by atoms with Crippen LogP contribution in [0.5, 0.6) is 0 Å². The number of rotatable bonds is 10. The van der Waals surface area contributed by atoms with E-state index in [-0.39, 0.29) is 6.29 Å². The van der Waals surface area contributed by atoms with Crippen molar-refractivity contribution in [3.8, 4) is 0 Å². The predicted octanol–water partition coefficient (Wildman–Crippen LogP) is 2.84. The first kappa shape index (κ1) is 14.9. The number of ether oxygens (including phenoxy) is 3. The van der Waals surface area contributed by atoms with E-state index in [0.717, 1.165) is 6.61 Å². The van der Waals surface area contributed by atoms with Crippen LogP contribution >= 0.6 is 0 Å². The molecular weight excluding hydrogens is 192 g/mol. The summed E-state index contributed by atoms with van der Waals surface area (Å²) in [6.45, 7) is 11.0. The highest BCUT2D eigenvalue weighted by atomic mass is 16.7. The van der Waals surface area contributed by atoms with Gasteiger partial charge < -0.3 is 14.2 Å². The molecule has 92 valence electrons. The molecule has 0 spiro atoms. The fraction of sp³-hybridized carbons (Fsp3) is 1.00. The molecule has 0 saturated carbocycles. The molecule has 3 nitrogen and oxygen atoms in total. The lowest BCUT2D eigenvalue weighted by atomic mass is 10.1. The summed E-state index contributed by atoms with van der Waals surface area (Å²) in [5.41, 5.74) is 0. The fourth-order valence-corrected chi connectivity index (χ4v) is 1.46. The van der Waals surface area contributed by atoms with Crippen LogP contribution in [-0.4, -0.2) is 32.7 Å². The van der Waals surface area contributed by atoms with Gasteiger partial charge in [0.25, 0.3) is 0 Å². The highest BCUT2D eigenvalue weighted by Crippen LogP contribution is 2.06. The van der Waals surface area contributed by atoms with Gasteiger partial charge in [-0.1, -0.05) is 20.3 Å². The minimum atomic E-state index is -0.200. The van der Waals surface area contributed by atoms with Crippen LogP contribution in [0.4, 0.5) is 0 Å². The molecule has 1 atom stereocenters. The van der Waals surface area contributed by atoms with Crippen LogP contribution in [0.1, 0.15) is 40.5 Å². The first-order valence-electron chi connectivity index (χ1n) is 6.05. The van der Waals surface area contributed by atoms with Gasteiger partial charge in [0.15, 0.2) is 6.29 Å². The highest BCUT2D eigenvalue weighted by molar-refractivity contribution is 4.50. The summed E-state index contributed by atoms with van der Waals surface area (Å²) >= 11 is 0. The second-order valence-corrected chi connectivity index (χ2v) is 3.77. The molecule has 0 aliphatic heterocycles. The molecule has 15 heavy (non-hydrogen) atoms. The Bertz CT molecular complexity index is 122. The summed E-state index contributed by atoms with van der Waals surface area (Å²) in [4.78, 5) is 0. The molecule has 0 N–H and O–H groups in total. The largest absolute Gasteiger partial charge is 0.376 e. The number of hydrogen-bond acceptors (Lipinski definition) is 3. The average Bonchev–Trinajstić information content (AvgIpc) is 2.19. The molecule has 0 radical (unpaired) electrons. The van der Waals surface area contributed by atoms with Crippen LogP contribution in [0.25, 0.3) is 0 Å². The zero-order valence-corrected chi connectivity index (χ0v) is 10.6. The monoisotopic (exact) mass is 218 g/mol. The standard InChI is InChI=1S/C12H26O3/c1-5-8-11(4)9-13-10-12(14-6-2)15-7-3/h11-12H,5-10H2,1-4H3. The highest BCUT2D eigenvalue weighted by Gasteiger charge is 2.08. The van der Waals surface area contributed by atoms with Gasteiger partial charge in [0.1, 0.15) is 0 Å². The first-order chi connectivity index (χ1) is 7.24. The summed E-state index contributed by atoms with van der Waals surface area (Å²) in [6, 6.07) is 0. The van der Waals surface area contributed by atoms with Crippen molar-refractivity contribution in [1.29, 1.82) is 0 Å². The van der Waals surface area contributed by atoms with Crippen LogP contribution < -0.4 is 0 Å². The Balaban J connectivity index is 3.51. The summed E-state index contributed by atoms with van der Waals surface area (Å²) < 4.78 is 16.3. The van der Waals surface area contributed by atoms with Crippen molar-refractivity contribution in [2.75, 3.05) is 26.4 Å². The Kier molecular flexibility index (Phi) is 10.3. The average molecular weight is 218 g/mol. The molecule has 0 aromatic rings. The Labute approximate surface area is 94.1 Å². The van der Waals surface area contributed by atoms with Crippen molar-refractivity contribution >= 4 is 0 Å². The lowest BCUT2D eigenvalue weighted by Crippen LogP contribution is -2.24. The van der Waals surface area contributed by atoms with Crippen molar-refractivity contribution in [3.05, 3.63) is 0 Å². The maximum absolute atomic E-state index is 5.57.